The Morgan fingerprint density at radius 3 is 2.64 bits per heavy atom. The van der Waals surface area contributed by atoms with Gasteiger partial charge in [-0.3, -0.25) is 0 Å². The lowest BCUT2D eigenvalue weighted by Crippen LogP contribution is -2.50. The van der Waals surface area contributed by atoms with Crippen LogP contribution in [0.15, 0.2) is 24.3 Å². The fourth-order valence-electron chi connectivity index (χ4n) is 2.02. The predicted molar refractivity (Wildman–Crippen MR) is 52.4 cm³/mol. The van der Waals surface area contributed by atoms with E-state index in [0.717, 1.165) is 0 Å². The molecule has 1 aromatic carbocycles. The van der Waals surface area contributed by atoms with Gasteiger partial charge in [0.05, 0.1) is 5.60 Å². The van der Waals surface area contributed by atoms with Crippen LogP contribution in [0.4, 0.5) is 4.39 Å². The smallest absolute Gasteiger partial charge is 0.129 e. The van der Waals surface area contributed by atoms with Gasteiger partial charge in [0, 0.05) is 11.6 Å². The van der Waals surface area contributed by atoms with Crippen LogP contribution in [0, 0.1) is 5.82 Å². The molecular weight excluding hydrogens is 181 g/mol. The molecule has 3 heteroatoms. The lowest BCUT2D eigenvalue weighted by Gasteiger charge is -2.43. The topological polar surface area (TPSA) is 32.3 Å². The van der Waals surface area contributed by atoms with E-state index in [1.165, 1.54) is 6.07 Å². The highest BCUT2D eigenvalue weighted by Gasteiger charge is 2.44. The molecule has 0 unspecified atom stereocenters. The van der Waals surface area contributed by atoms with Gasteiger partial charge in [0.25, 0.3) is 0 Å². The Bertz CT molecular complexity index is 334. The zero-order valence-corrected chi connectivity index (χ0v) is 8.13. The minimum atomic E-state index is -0.959. The molecule has 0 amide bonds. The molecule has 0 saturated heterocycles. The third kappa shape index (κ3) is 1.42. The molecule has 2 nitrogen and oxygen atoms in total. The first kappa shape index (κ1) is 9.62. The molecule has 1 aromatic rings. The van der Waals surface area contributed by atoms with Crippen molar-refractivity contribution in [3.05, 3.63) is 35.6 Å². The molecule has 1 fully saturated rings. The molecule has 0 atom stereocenters. The van der Waals surface area contributed by atoms with Crippen LogP contribution in [0.1, 0.15) is 18.4 Å². The molecule has 76 valence electrons. The van der Waals surface area contributed by atoms with Crippen molar-refractivity contribution in [3.8, 4) is 0 Å². The Morgan fingerprint density at radius 2 is 2.07 bits per heavy atom. The molecule has 2 N–H and O–H groups in total. The molecular formula is C11H14FNO. The van der Waals surface area contributed by atoms with Gasteiger partial charge in [-0.25, -0.2) is 4.39 Å². The highest BCUT2D eigenvalue weighted by Crippen LogP contribution is 2.42. The lowest BCUT2D eigenvalue weighted by molar-refractivity contribution is -0.0626. The zero-order chi connectivity index (χ0) is 10.2. The first-order chi connectivity index (χ1) is 6.65. The van der Waals surface area contributed by atoms with Crippen molar-refractivity contribution in [1.82, 2.24) is 5.32 Å². The number of halogens is 1. The number of rotatable bonds is 2. The van der Waals surface area contributed by atoms with E-state index in [1.807, 2.05) is 7.05 Å². The second-order valence-corrected chi connectivity index (χ2v) is 3.91. The van der Waals surface area contributed by atoms with Gasteiger partial charge in [-0.2, -0.15) is 0 Å². The van der Waals surface area contributed by atoms with Crippen LogP contribution < -0.4 is 5.32 Å². The lowest BCUT2D eigenvalue weighted by atomic mass is 9.71. The summed E-state index contributed by atoms with van der Waals surface area (Å²) in [5.41, 5.74) is -0.537. The van der Waals surface area contributed by atoms with E-state index in [1.54, 1.807) is 18.2 Å². The van der Waals surface area contributed by atoms with E-state index in [4.69, 9.17) is 0 Å². The fraction of sp³-hybridized carbons (Fsp3) is 0.455. The van der Waals surface area contributed by atoms with Gasteiger partial charge in [0.15, 0.2) is 0 Å². The van der Waals surface area contributed by atoms with E-state index in [2.05, 4.69) is 5.32 Å². The van der Waals surface area contributed by atoms with Gasteiger partial charge in [-0.1, -0.05) is 18.2 Å². The summed E-state index contributed by atoms with van der Waals surface area (Å²) in [5.74, 6) is -0.315. The zero-order valence-electron chi connectivity index (χ0n) is 8.13. The maximum absolute atomic E-state index is 13.4. The average molecular weight is 195 g/mol. The largest absolute Gasteiger partial charge is 0.385 e. The van der Waals surface area contributed by atoms with Crippen molar-refractivity contribution in [2.45, 2.75) is 24.5 Å². The average Bonchev–Trinajstić information content (AvgIpc) is 2.13. The molecule has 1 aliphatic carbocycles. The normalized spacial score (nSPS) is 31.2. The van der Waals surface area contributed by atoms with Crippen LogP contribution in [0.2, 0.25) is 0 Å². The number of aliphatic hydroxyl groups is 1. The first-order valence-corrected chi connectivity index (χ1v) is 4.80. The second-order valence-electron chi connectivity index (χ2n) is 3.91. The van der Waals surface area contributed by atoms with Gasteiger partial charge in [0.2, 0.25) is 0 Å². The molecule has 0 bridgehead atoms. The summed E-state index contributed by atoms with van der Waals surface area (Å²) in [6.45, 7) is 0. The third-order valence-electron chi connectivity index (χ3n) is 2.95. The molecule has 14 heavy (non-hydrogen) atoms. The van der Waals surface area contributed by atoms with Crippen molar-refractivity contribution in [3.63, 3.8) is 0 Å². The molecule has 0 heterocycles. The van der Waals surface area contributed by atoms with Crippen LogP contribution in [0.5, 0.6) is 0 Å². The molecule has 2 rings (SSSR count). The third-order valence-corrected chi connectivity index (χ3v) is 2.95. The van der Waals surface area contributed by atoms with E-state index >= 15 is 0 Å². The van der Waals surface area contributed by atoms with Crippen molar-refractivity contribution in [2.75, 3.05) is 7.05 Å². The first-order valence-electron chi connectivity index (χ1n) is 4.80. The Balaban J connectivity index is 2.21. The minimum Gasteiger partial charge on any atom is -0.385 e. The second kappa shape index (κ2) is 3.33. The number of nitrogens with one attached hydrogen (secondary N) is 1. The standard InChI is InChI=1S/C11H14FNO/c1-13-8-6-11(14,7-8)9-4-2-3-5-10(9)12/h2-5,8,13-14H,6-7H2,1H3. The van der Waals surface area contributed by atoms with Crippen LogP contribution >= 0.6 is 0 Å². The molecule has 1 saturated carbocycles. The monoisotopic (exact) mass is 195 g/mol. The SMILES string of the molecule is CNC1CC(O)(c2ccccc2F)C1. The van der Waals surface area contributed by atoms with Crippen molar-refractivity contribution >= 4 is 0 Å². The number of benzene rings is 1. The van der Waals surface area contributed by atoms with Crippen molar-refractivity contribution in [1.29, 1.82) is 0 Å². The number of hydrogen-bond acceptors (Lipinski definition) is 2. The van der Waals surface area contributed by atoms with Gasteiger partial charge < -0.3 is 10.4 Å². The van der Waals surface area contributed by atoms with Crippen LogP contribution in [-0.2, 0) is 5.60 Å². The summed E-state index contributed by atoms with van der Waals surface area (Å²) in [4.78, 5) is 0. The molecule has 0 aromatic heterocycles. The Labute approximate surface area is 82.8 Å². The quantitative estimate of drug-likeness (QED) is 0.747. The number of hydrogen-bond donors (Lipinski definition) is 2. The summed E-state index contributed by atoms with van der Waals surface area (Å²) in [7, 11) is 1.85. The maximum Gasteiger partial charge on any atom is 0.129 e. The molecule has 0 aliphatic heterocycles. The summed E-state index contributed by atoms with van der Waals surface area (Å²) >= 11 is 0. The van der Waals surface area contributed by atoms with Crippen LogP contribution in [0.25, 0.3) is 0 Å². The van der Waals surface area contributed by atoms with Gasteiger partial charge >= 0.3 is 0 Å². The van der Waals surface area contributed by atoms with E-state index < -0.39 is 5.60 Å². The summed E-state index contributed by atoms with van der Waals surface area (Å²) < 4.78 is 13.4. The Hall–Kier alpha value is -0.930. The van der Waals surface area contributed by atoms with Gasteiger partial charge in [0.1, 0.15) is 5.82 Å². The molecule has 0 spiro atoms. The summed E-state index contributed by atoms with van der Waals surface area (Å²) in [6.07, 6.45) is 1.18. The van der Waals surface area contributed by atoms with Crippen molar-refractivity contribution < 1.29 is 9.50 Å². The molecule has 1 aliphatic rings. The summed E-state index contributed by atoms with van der Waals surface area (Å²) in [5, 5.41) is 13.1. The van der Waals surface area contributed by atoms with E-state index in [0.29, 0.717) is 24.4 Å². The summed E-state index contributed by atoms with van der Waals surface area (Å²) in [6, 6.07) is 6.74. The fourth-order valence-corrected chi connectivity index (χ4v) is 2.02. The van der Waals surface area contributed by atoms with Crippen molar-refractivity contribution in [2.24, 2.45) is 0 Å². The Morgan fingerprint density at radius 1 is 1.43 bits per heavy atom. The minimum absolute atomic E-state index is 0.305. The Kier molecular flexibility index (Phi) is 2.29. The molecule has 0 radical (unpaired) electrons. The van der Waals surface area contributed by atoms with Crippen LogP contribution in [-0.4, -0.2) is 18.2 Å². The predicted octanol–water partition coefficient (Wildman–Crippen LogP) is 1.40. The highest BCUT2D eigenvalue weighted by atomic mass is 19.1. The van der Waals surface area contributed by atoms with Gasteiger partial charge in [-0.15, -0.1) is 0 Å². The van der Waals surface area contributed by atoms with Gasteiger partial charge in [-0.05, 0) is 26.0 Å². The maximum atomic E-state index is 13.4. The van der Waals surface area contributed by atoms with Crippen LogP contribution in [0.3, 0.4) is 0 Å². The highest BCUT2D eigenvalue weighted by molar-refractivity contribution is 5.27. The van der Waals surface area contributed by atoms with E-state index in [9.17, 15) is 9.50 Å². The van der Waals surface area contributed by atoms with E-state index in [-0.39, 0.29) is 5.82 Å².